The first-order chi connectivity index (χ1) is 11.3. The summed E-state index contributed by atoms with van der Waals surface area (Å²) in [5.41, 5.74) is 0.833. The summed E-state index contributed by atoms with van der Waals surface area (Å²) >= 11 is 0. The van der Waals surface area contributed by atoms with Crippen molar-refractivity contribution < 1.29 is 14.4 Å². The van der Waals surface area contributed by atoms with Crippen LogP contribution in [0.2, 0.25) is 0 Å². The van der Waals surface area contributed by atoms with Crippen LogP contribution >= 0.6 is 0 Å². The first-order valence-corrected chi connectivity index (χ1v) is 8.01. The fourth-order valence-electron chi connectivity index (χ4n) is 3.27. The van der Waals surface area contributed by atoms with Crippen molar-refractivity contribution >= 4 is 23.5 Å². The molecule has 128 valence electrons. The highest BCUT2D eigenvalue weighted by Gasteiger charge is 2.51. The number of nitrogens with zero attached hydrogens (tertiary/aromatic N) is 3. The molecule has 2 heterocycles. The summed E-state index contributed by atoms with van der Waals surface area (Å²) in [4.78, 5) is 41.4. The van der Waals surface area contributed by atoms with Crippen molar-refractivity contribution in [1.29, 1.82) is 0 Å². The van der Waals surface area contributed by atoms with Gasteiger partial charge in [-0.3, -0.25) is 14.5 Å². The molecule has 0 saturated carbocycles. The Morgan fingerprint density at radius 2 is 1.71 bits per heavy atom. The molecule has 1 spiro atoms. The number of hydrogen-bond acceptors (Lipinski definition) is 4. The van der Waals surface area contributed by atoms with Gasteiger partial charge in [0.1, 0.15) is 5.54 Å². The highest BCUT2D eigenvalue weighted by Crippen LogP contribution is 2.29. The minimum absolute atomic E-state index is 0.0414. The van der Waals surface area contributed by atoms with E-state index in [1.807, 2.05) is 43.3 Å². The van der Waals surface area contributed by atoms with Crippen LogP contribution in [-0.2, 0) is 4.79 Å². The summed E-state index contributed by atoms with van der Waals surface area (Å²) in [5, 5.41) is 2.78. The van der Waals surface area contributed by atoms with Crippen molar-refractivity contribution in [2.45, 2.75) is 18.4 Å². The average Bonchev–Trinajstić information content (AvgIpc) is 2.79. The SMILES string of the molecule is CN1C(=O)NC2(CCN(C(=O)c3ccc(N(C)C)cc3)CC2)C1=O. The van der Waals surface area contributed by atoms with Crippen LogP contribution in [-0.4, -0.2) is 67.4 Å². The number of hydrogen-bond donors (Lipinski definition) is 1. The fraction of sp³-hybridized carbons (Fsp3) is 0.471. The molecule has 2 aliphatic heterocycles. The van der Waals surface area contributed by atoms with Crippen LogP contribution in [0.15, 0.2) is 24.3 Å². The molecule has 0 aliphatic carbocycles. The maximum Gasteiger partial charge on any atom is 0.324 e. The van der Waals surface area contributed by atoms with Crippen molar-refractivity contribution in [2.24, 2.45) is 0 Å². The van der Waals surface area contributed by atoms with Gasteiger partial charge in [0.25, 0.3) is 11.8 Å². The highest BCUT2D eigenvalue weighted by atomic mass is 16.2. The number of carbonyl (C=O) groups excluding carboxylic acids is 3. The molecule has 0 aromatic heterocycles. The molecule has 2 aliphatic rings. The summed E-state index contributed by atoms with van der Waals surface area (Å²) in [7, 11) is 5.38. The van der Waals surface area contributed by atoms with E-state index in [-0.39, 0.29) is 17.8 Å². The molecule has 0 bridgehead atoms. The minimum Gasteiger partial charge on any atom is -0.378 e. The van der Waals surface area contributed by atoms with Crippen LogP contribution in [0.25, 0.3) is 0 Å². The summed E-state index contributed by atoms with van der Waals surface area (Å²) in [5.74, 6) is -0.241. The van der Waals surface area contributed by atoms with E-state index < -0.39 is 5.54 Å². The van der Waals surface area contributed by atoms with Crippen molar-refractivity contribution in [2.75, 3.05) is 39.1 Å². The molecular weight excluding hydrogens is 308 g/mol. The third-order valence-electron chi connectivity index (χ3n) is 4.90. The van der Waals surface area contributed by atoms with Gasteiger partial charge in [-0.15, -0.1) is 0 Å². The Hall–Kier alpha value is -2.57. The molecule has 4 amide bonds. The maximum absolute atomic E-state index is 12.6. The molecule has 24 heavy (non-hydrogen) atoms. The molecule has 7 heteroatoms. The Morgan fingerprint density at radius 1 is 1.12 bits per heavy atom. The summed E-state index contributed by atoms with van der Waals surface area (Å²) in [6, 6.07) is 7.10. The second kappa shape index (κ2) is 5.81. The predicted octanol–water partition coefficient (Wildman–Crippen LogP) is 0.909. The number of imide groups is 1. The zero-order valence-electron chi connectivity index (χ0n) is 14.2. The van der Waals surface area contributed by atoms with Gasteiger partial charge < -0.3 is 15.1 Å². The number of nitrogens with one attached hydrogen (secondary N) is 1. The van der Waals surface area contributed by atoms with Crippen molar-refractivity contribution in [1.82, 2.24) is 15.1 Å². The van der Waals surface area contributed by atoms with Crippen LogP contribution < -0.4 is 10.2 Å². The van der Waals surface area contributed by atoms with Crippen molar-refractivity contribution in [3.63, 3.8) is 0 Å². The Labute approximate surface area is 141 Å². The van der Waals surface area contributed by atoms with Gasteiger partial charge in [-0.05, 0) is 37.1 Å². The van der Waals surface area contributed by atoms with Gasteiger partial charge in [0.2, 0.25) is 0 Å². The van der Waals surface area contributed by atoms with E-state index in [1.165, 1.54) is 7.05 Å². The number of piperidine rings is 1. The molecule has 3 rings (SSSR count). The topological polar surface area (TPSA) is 73.0 Å². The Bertz CT molecular complexity index is 676. The molecule has 0 unspecified atom stereocenters. The fourth-order valence-corrected chi connectivity index (χ4v) is 3.27. The minimum atomic E-state index is -0.836. The van der Waals surface area contributed by atoms with Gasteiger partial charge in [-0.2, -0.15) is 0 Å². The number of anilines is 1. The zero-order chi connectivity index (χ0) is 17.5. The van der Waals surface area contributed by atoms with Crippen molar-refractivity contribution in [3.05, 3.63) is 29.8 Å². The molecule has 7 nitrogen and oxygen atoms in total. The lowest BCUT2D eigenvalue weighted by atomic mass is 9.87. The van der Waals surface area contributed by atoms with Crippen LogP contribution in [0.1, 0.15) is 23.2 Å². The monoisotopic (exact) mass is 330 g/mol. The Balaban J connectivity index is 1.67. The number of carbonyl (C=O) groups is 3. The number of likely N-dealkylation sites (N-methyl/N-ethyl adjacent to an activating group) is 1. The normalized spacial score (nSPS) is 19.6. The van der Waals surface area contributed by atoms with Crippen molar-refractivity contribution in [3.8, 4) is 0 Å². The van der Waals surface area contributed by atoms with E-state index in [9.17, 15) is 14.4 Å². The zero-order valence-corrected chi connectivity index (χ0v) is 14.2. The number of likely N-dealkylation sites (tertiary alicyclic amines) is 1. The van der Waals surface area contributed by atoms with Gasteiger partial charge in [0.15, 0.2) is 0 Å². The van der Waals surface area contributed by atoms with E-state index in [2.05, 4.69) is 5.32 Å². The lowest BCUT2D eigenvalue weighted by Gasteiger charge is -2.37. The predicted molar refractivity (Wildman–Crippen MR) is 89.9 cm³/mol. The lowest BCUT2D eigenvalue weighted by molar-refractivity contribution is -0.131. The number of urea groups is 1. The van der Waals surface area contributed by atoms with Gasteiger partial charge >= 0.3 is 6.03 Å². The van der Waals surface area contributed by atoms with E-state index in [0.29, 0.717) is 31.5 Å². The highest BCUT2D eigenvalue weighted by molar-refractivity contribution is 6.07. The van der Waals surface area contributed by atoms with Gasteiger partial charge in [0, 0.05) is 45.5 Å². The molecule has 1 aromatic carbocycles. The smallest absolute Gasteiger partial charge is 0.324 e. The first kappa shape index (κ1) is 16.3. The van der Waals surface area contributed by atoms with Crippen LogP contribution in [0.3, 0.4) is 0 Å². The molecule has 2 fully saturated rings. The molecule has 1 aromatic rings. The van der Waals surface area contributed by atoms with E-state index in [0.717, 1.165) is 10.6 Å². The standard InChI is InChI=1S/C17H22N4O3/c1-19(2)13-6-4-12(5-7-13)14(22)21-10-8-17(9-11-21)15(23)20(3)16(24)18-17/h4-7H,8-11H2,1-3H3,(H,18,24). The molecular formula is C17H22N4O3. The molecule has 2 saturated heterocycles. The first-order valence-electron chi connectivity index (χ1n) is 8.01. The average molecular weight is 330 g/mol. The third kappa shape index (κ3) is 2.60. The van der Waals surface area contributed by atoms with Gasteiger partial charge in [-0.25, -0.2) is 4.79 Å². The van der Waals surface area contributed by atoms with Crippen LogP contribution in [0, 0.1) is 0 Å². The quantitative estimate of drug-likeness (QED) is 0.818. The maximum atomic E-state index is 12.6. The second-order valence-electron chi connectivity index (χ2n) is 6.61. The summed E-state index contributed by atoms with van der Waals surface area (Å²) < 4.78 is 0. The number of amides is 4. The number of benzene rings is 1. The largest absolute Gasteiger partial charge is 0.378 e. The third-order valence-corrected chi connectivity index (χ3v) is 4.90. The summed E-state index contributed by atoms with van der Waals surface area (Å²) in [6.07, 6.45) is 0.896. The van der Waals surface area contributed by atoms with Crippen LogP contribution in [0.4, 0.5) is 10.5 Å². The van der Waals surface area contributed by atoms with E-state index in [4.69, 9.17) is 0 Å². The molecule has 0 radical (unpaired) electrons. The van der Waals surface area contributed by atoms with E-state index >= 15 is 0 Å². The van der Waals surface area contributed by atoms with Gasteiger partial charge in [-0.1, -0.05) is 0 Å². The van der Waals surface area contributed by atoms with Crippen LogP contribution in [0.5, 0.6) is 0 Å². The summed E-state index contributed by atoms with van der Waals surface area (Å²) in [6.45, 7) is 0.905. The number of rotatable bonds is 2. The lowest BCUT2D eigenvalue weighted by Crippen LogP contribution is -2.55. The molecule has 1 N–H and O–H groups in total. The van der Waals surface area contributed by atoms with E-state index in [1.54, 1.807) is 4.90 Å². The Kier molecular flexibility index (Phi) is 3.95. The Morgan fingerprint density at radius 3 is 2.17 bits per heavy atom. The van der Waals surface area contributed by atoms with Gasteiger partial charge in [0.05, 0.1) is 0 Å². The second-order valence-corrected chi connectivity index (χ2v) is 6.61. The molecule has 0 atom stereocenters.